The van der Waals surface area contributed by atoms with Crippen LogP contribution in [0.15, 0.2) is 11.6 Å². The van der Waals surface area contributed by atoms with Gasteiger partial charge in [0.2, 0.25) is 0 Å². The molecule has 0 aromatic rings. The van der Waals surface area contributed by atoms with E-state index in [1.165, 1.54) is 44.9 Å². The molecule has 0 radical (unpaired) electrons. The summed E-state index contributed by atoms with van der Waals surface area (Å²) in [5, 5.41) is 20.5. The van der Waals surface area contributed by atoms with Gasteiger partial charge in [-0.2, -0.15) is 0 Å². The molecule has 3 saturated carbocycles. The van der Waals surface area contributed by atoms with Crippen LogP contribution >= 0.6 is 0 Å². The maximum absolute atomic E-state index is 10.3. The summed E-state index contributed by atoms with van der Waals surface area (Å²) >= 11 is 0. The van der Waals surface area contributed by atoms with Crippen LogP contribution in [0.1, 0.15) is 98.8 Å². The third kappa shape index (κ3) is 3.65. The van der Waals surface area contributed by atoms with Crippen molar-refractivity contribution in [3.8, 4) is 0 Å². The molecule has 0 spiro atoms. The molecule has 0 aromatic heterocycles. The molecule has 0 aliphatic heterocycles. The van der Waals surface area contributed by atoms with E-state index in [0.717, 1.165) is 48.9 Å². The van der Waals surface area contributed by atoms with Gasteiger partial charge in [-0.1, -0.05) is 46.3 Å². The molecule has 29 heavy (non-hydrogen) atoms. The van der Waals surface area contributed by atoms with Crippen molar-refractivity contribution < 1.29 is 10.2 Å². The van der Waals surface area contributed by atoms with E-state index in [9.17, 15) is 10.2 Å². The summed E-state index contributed by atoms with van der Waals surface area (Å²) in [5.74, 6) is 4.51. The first-order valence-electron chi connectivity index (χ1n) is 12.7. The molecule has 166 valence electrons. The quantitative estimate of drug-likeness (QED) is 0.525. The molecule has 3 fully saturated rings. The number of aliphatic hydroxyl groups excluding tert-OH is 2. The van der Waals surface area contributed by atoms with Gasteiger partial charge in [0.15, 0.2) is 0 Å². The molecule has 2 nitrogen and oxygen atoms in total. The molecular weight excluding hydrogens is 356 g/mol. The molecule has 2 heteroatoms. The topological polar surface area (TPSA) is 40.5 Å². The monoisotopic (exact) mass is 402 g/mol. The highest BCUT2D eigenvalue weighted by atomic mass is 16.3. The van der Waals surface area contributed by atoms with Gasteiger partial charge in [-0.05, 0) is 111 Å². The first kappa shape index (κ1) is 21.9. The van der Waals surface area contributed by atoms with E-state index < -0.39 is 0 Å². The van der Waals surface area contributed by atoms with Crippen LogP contribution in [0.25, 0.3) is 0 Å². The number of fused-ring (bicyclic) bond motifs is 5. The standard InChI is InChI=1S/C27H46O2/c1-17(2)25(29)11-6-18(3)22-9-10-23-21-8-7-19-16-20(28)12-14-26(19,4)24(21)13-15-27(22,23)5/h7,17-18,20-25,28-29H,6,8-16H2,1-5H3/t18?,20?,21-,22+,23-,24-,25?,26-,27+/m0/s1. The Balaban J connectivity index is 1.49. The Hall–Kier alpha value is -0.340. The summed E-state index contributed by atoms with van der Waals surface area (Å²) < 4.78 is 0. The molecule has 0 amide bonds. The zero-order chi connectivity index (χ0) is 21.0. The first-order valence-corrected chi connectivity index (χ1v) is 12.7. The van der Waals surface area contributed by atoms with Gasteiger partial charge < -0.3 is 10.2 Å². The smallest absolute Gasteiger partial charge is 0.0577 e. The van der Waals surface area contributed by atoms with E-state index >= 15 is 0 Å². The number of allylic oxidation sites excluding steroid dienone is 1. The Bertz CT molecular complexity index is 624. The number of rotatable bonds is 5. The molecule has 3 unspecified atom stereocenters. The van der Waals surface area contributed by atoms with Crippen LogP contribution < -0.4 is 0 Å². The second-order valence-electron chi connectivity index (χ2n) is 12.3. The van der Waals surface area contributed by atoms with Gasteiger partial charge in [-0.3, -0.25) is 0 Å². The van der Waals surface area contributed by atoms with Gasteiger partial charge in [0.25, 0.3) is 0 Å². The molecule has 0 saturated heterocycles. The van der Waals surface area contributed by atoms with Crippen LogP contribution in [0.5, 0.6) is 0 Å². The minimum Gasteiger partial charge on any atom is -0.393 e. The van der Waals surface area contributed by atoms with E-state index in [1.807, 2.05) is 0 Å². The fourth-order valence-electron chi connectivity index (χ4n) is 8.59. The van der Waals surface area contributed by atoms with Gasteiger partial charge in [-0.15, -0.1) is 0 Å². The van der Waals surface area contributed by atoms with Crippen LogP contribution in [-0.4, -0.2) is 22.4 Å². The summed E-state index contributed by atoms with van der Waals surface area (Å²) in [4.78, 5) is 0. The Morgan fingerprint density at radius 1 is 1.00 bits per heavy atom. The lowest BCUT2D eigenvalue weighted by atomic mass is 9.47. The number of hydrogen-bond acceptors (Lipinski definition) is 2. The Morgan fingerprint density at radius 2 is 1.76 bits per heavy atom. The number of hydrogen-bond donors (Lipinski definition) is 2. The Morgan fingerprint density at radius 3 is 2.48 bits per heavy atom. The van der Waals surface area contributed by atoms with E-state index in [1.54, 1.807) is 5.57 Å². The van der Waals surface area contributed by atoms with Crippen molar-refractivity contribution in [2.24, 2.45) is 46.3 Å². The highest BCUT2D eigenvalue weighted by molar-refractivity contribution is 5.25. The average Bonchev–Trinajstić information content (AvgIpc) is 3.03. The predicted octanol–water partition coefficient (Wildman–Crippen LogP) is 6.36. The Kier molecular flexibility index (Phi) is 6.01. The third-order valence-electron chi connectivity index (χ3n) is 10.5. The van der Waals surface area contributed by atoms with Crippen molar-refractivity contribution in [3.05, 3.63) is 11.6 Å². The van der Waals surface area contributed by atoms with Crippen molar-refractivity contribution in [3.63, 3.8) is 0 Å². The Labute approximate surface area is 179 Å². The van der Waals surface area contributed by atoms with E-state index in [0.29, 0.717) is 16.7 Å². The highest BCUT2D eigenvalue weighted by Crippen LogP contribution is 2.67. The summed E-state index contributed by atoms with van der Waals surface area (Å²) in [5.41, 5.74) is 2.44. The van der Waals surface area contributed by atoms with Gasteiger partial charge in [0.05, 0.1) is 12.2 Å². The minimum absolute atomic E-state index is 0.0994. The summed E-state index contributed by atoms with van der Waals surface area (Å²) in [6.45, 7) is 11.9. The molecule has 0 aromatic carbocycles. The largest absolute Gasteiger partial charge is 0.393 e. The third-order valence-corrected chi connectivity index (χ3v) is 10.5. The fraction of sp³-hybridized carbons (Fsp3) is 0.926. The van der Waals surface area contributed by atoms with E-state index in [-0.39, 0.29) is 12.2 Å². The zero-order valence-corrected chi connectivity index (χ0v) is 19.7. The average molecular weight is 403 g/mol. The van der Waals surface area contributed by atoms with Crippen molar-refractivity contribution in [2.75, 3.05) is 0 Å². The lowest BCUT2D eigenvalue weighted by Gasteiger charge is -2.58. The lowest BCUT2D eigenvalue weighted by Crippen LogP contribution is -2.50. The van der Waals surface area contributed by atoms with Crippen molar-refractivity contribution >= 4 is 0 Å². The molecule has 4 rings (SSSR count). The molecular formula is C27H46O2. The van der Waals surface area contributed by atoms with E-state index in [2.05, 4.69) is 40.7 Å². The van der Waals surface area contributed by atoms with Crippen LogP contribution in [0.3, 0.4) is 0 Å². The van der Waals surface area contributed by atoms with Gasteiger partial charge in [0, 0.05) is 0 Å². The molecule has 4 aliphatic carbocycles. The second kappa shape index (κ2) is 7.97. The molecule has 0 heterocycles. The van der Waals surface area contributed by atoms with Crippen LogP contribution in [0.4, 0.5) is 0 Å². The van der Waals surface area contributed by atoms with Crippen LogP contribution in [-0.2, 0) is 0 Å². The molecule has 4 aliphatic rings. The lowest BCUT2D eigenvalue weighted by molar-refractivity contribution is -0.0579. The van der Waals surface area contributed by atoms with Crippen LogP contribution in [0, 0.1) is 46.3 Å². The summed E-state index contributed by atoms with van der Waals surface area (Å²) in [6.07, 6.45) is 14.4. The maximum atomic E-state index is 10.3. The second-order valence-corrected chi connectivity index (χ2v) is 12.3. The fourth-order valence-corrected chi connectivity index (χ4v) is 8.59. The molecule has 9 atom stereocenters. The van der Waals surface area contributed by atoms with Crippen molar-refractivity contribution in [1.29, 1.82) is 0 Å². The normalized spacial score (nSPS) is 46.5. The maximum Gasteiger partial charge on any atom is 0.0577 e. The molecule has 2 N–H and O–H groups in total. The van der Waals surface area contributed by atoms with Gasteiger partial charge in [-0.25, -0.2) is 0 Å². The first-order chi connectivity index (χ1) is 13.7. The van der Waals surface area contributed by atoms with Crippen molar-refractivity contribution in [2.45, 2.75) is 111 Å². The van der Waals surface area contributed by atoms with Crippen LogP contribution in [0.2, 0.25) is 0 Å². The SMILES string of the molecule is CC(C)C(O)CCC(C)[C@H]1CC[C@H]2[C@@H]3CC=C4CC(O)CC[C@]4(C)[C@H]3CC[C@]12C. The van der Waals surface area contributed by atoms with Gasteiger partial charge in [0.1, 0.15) is 0 Å². The summed E-state index contributed by atoms with van der Waals surface area (Å²) in [7, 11) is 0. The molecule has 0 bridgehead atoms. The zero-order valence-electron chi connectivity index (χ0n) is 19.7. The summed E-state index contributed by atoms with van der Waals surface area (Å²) in [6, 6.07) is 0. The minimum atomic E-state index is -0.137. The van der Waals surface area contributed by atoms with Crippen molar-refractivity contribution in [1.82, 2.24) is 0 Å². The highest BCUT2D eigenvalue weighted by Gasteiger charge is 2.59. The number of aliphatic hydroxyl groups is 2. The van der Waals surface area contributed by atoms with Gasteiger partial charge >= 0.3 is 0 Å². The predicted molar refractivity (Wildman–Crippen MR) is 120 cm³/mol. The van der Waals surface area contributed by atoms with E-state index in [4.69, 9.17) is 0 Å².